The topological polar surface area (TPSA) is 59.6 Å². The van der Waals surface area contributed by atoms with E-state index in [-0.39, 0.29) is 0 Å². The number of rotatable bonds is 5. The number of ether oxygens (including phenoxy) is 2. The normalized spacial score (nSPS) is 23.3. The van der Waals surface area contributed by atoms with Crippen LogP contribution in [-0.2, 0) is 4.74 Å². The van der Waals surface area contributed by atoms with E-state index in [0.717, 1.165) is 24.0 Å². The Kier molecular flexibility index (Phi) is 5.74. The van der Waals surface area contributed by atoms with Crippen LogP contribution in [0.2, 0.25) is 5.02 Å². The lowest BCUT2D eigenvalue weighted by molar-refractivity contribution is 0.122. The van der Waals surface area contributed by atoms with Crippen molar-refractivity contribution in [2.45, 2.75) is 37.8 Å². The quantitative estimate of drug-likeness (QED) is 0.733. The maximum atomic E-state index is 12.5. The number of carbonyl (C=O) groups is 1. The lowest BCUT2D eigenvalue weighted by Gasteiger charge is -2.28. The van der Waals surface area contributed by atoms with Gasteiger partial charge in [0.25, 0.3) is 0 Å². The van der Waals surface area contributed by atoms with Gasteiger partial charge in [-0.25, -0.2) is 4.79 Å². The standard InChI is InChI=1S/C22H25ClN2O3/c1-27-19-7-8-20(15-3-2-4-16(23)11-15)21(12-19)25-22(26)28-13-14-9-17-5-6-18(10-14)24-17/h2-4,7-8,11-12,14,17-18,24H,5-6,9-10,13H2,1H3,(H,25,26). The molecular weight excluding hydrogens is 376 g/mol. The van der Waals surface area contributed by atoms with Crippen LogP contribution in [0.1, 0.15) is 25.7 Å². The maximum Gasteiger partial charge on any atom is 0.411 e. The summed E-state index contributed by atoms with van der Waals surface area (Å²) in [4.78, 5) is 12.5. The predicted molar refractivity (Wildman–Crippen MR) is 111 cm³/mol. The summed E-state index contributed by atoms with van der Waals surface area (Å²) in [5, 5.41) is 7.13. The van der Waals surface area contributed by atoms with Gasteiger partial charge in [-0.3, -0.25) is 5.32 Å². The van der Waals surface area contributed by atoms with Crippen molar-refractivity contribution in [2.75, 3.05) is 19.0 Å². The summed E-state index contributed by atoms with van der Waals surface area (Å²) in [5.41, 5.74) is 2.41. The van der Waals surface area contributed by atoms with Gasteiger partial charge < -0.3 is 14.8 Å². The molecule has 2 aromatic rings. The summed E-state index contributed by atoms with van der Waals surface area (Å²) in [6.07, 6.45) is 4.19. The van der Waals surface area contributed by atoms with Gasteiger partial charge in [0, 0.05) is 28.7 Å². The lowest BCUT2D eigenvalue weighted by Crippen LogP contribution is -2.39. The largest absolute Gasteiger partial charge is 0.497 e. The average molecular weight is 401 g/mol. The van der Waals surface area contributed by atoms with Crippen LogP contribution in [-0.4, -0.2) is 31.9 Å². The predicted octanol–water partition coefficient (Wildman–Crippen LogP) is 5.09. The highest BCUT2D eigenvalue weighted by molar-refractivity contribution is 6.30. The van der Waals surface area contributed by atoms with E-state index in [9.17, 15) is 4.79 Å². The molecule has 2 fully saturated rings. The second-order valence-electron chi connectivity index (χ2n) is 7.62. The molecule has 2 aromatic carbocycles. The zero-order chi connectivity index (χ0) is 19.5. The van der Waals surface area contributed by atoms with Crippen molar-refractivity contribution < 1.29 is 14.3 Å². The number of hydrogen-bond acceptors (Lipinski definition) is 4. The van der Waals surface area contributed by atoms with Crippen LogP contribution in [0, 0.1) is 5.92 Å². The maximum absolute atomic E-state index is 12.5. The van der Waals surface area contributed by atoms with Gasteiger partial charge >= 0.3 is 6.09 Å². The molecule has 2 aliphatic heterocycles. The van der Waals surface area contributed by atoms with Crippen LogP contribution in [0.4, 0.5) is 10.5 Å². The fourth-order valence-electron chi connectivity index (χ4n) is 4.31. The minimum absolute atomic E-state index is 0.433. The zero-order valence-electron chi connectivity index (χ0n) is 15.9. The van der Waals surface area contributed by atoms with E-state index < -0.39 is 6.09 Å². The van der Waals surface area contributed by atoms with Crippen LogP contribution in [0.15, 0.2) is 42.5 Å². The van der Waals surface area contributed by atoms with Crippen molar-refractivity contribution in [2.24, 2.45) is 5.92 Å². The fourth-order valence-corrected chi connectivity index (χ4v) is 4.50. The van der Waals surface area contributed by atoms with Gasteiger partial charge in [-0.1, -0.05) is 23.7 Å². The number of hydrogen-bond donors (Lipinski definition) is 2. The minimum atomic E-state index is -0.442. The first-order chi connectivity index (χ1) is 13.6. The smallest absolute Gasteiger partial charge is 0.411 e. The van der Waals surface area contributed by atoms with Crippen molar-refractivity contribution in [3.05, 3.63) is 47.5 Å². The minimum Gasteiger partial charge on any atom is -0.497 e. The van der Waals surface area contributed by atoms with Crippen molar-refractivity contribution in [3.63, 3.8) is 0 Å². The highest BCUT2D eigenvalue weighted by Gasteiger charge is 2.33. The summed E-state index contributed by atoms with van der Waals surface area (Å²) >= 11 is 6.13. The number of fused-ring (bicyclic) bond motifs is 2. The van der Waals surface area contributed by atoms with Crippen LogP contribution < -0.4 is 15.4 Å². The van der Waals surface area contributed by atoms with Crippen molar-refractivity contribution in [1.29, 1.82) is 0 Å². The molecule has 2 saturated heterocycles. The molecule has 0 aliphatic carbocycles. The van der Waals surface area contributed by atoms with Gasteiger partial charge in [0.1, 0.15) is 5.75 Å². The molecular formula is C22H25ClN2O3. The number of benzene rings is 2. The van der Waals surface area contributed by atoms with E-state index in [1.807, 2.05) is 36.4 Å². The molecule has 2 N–H and O–H groups in total. The summed E-state index contributed by atoms with van der Waals surface area (Å²) < 4.78 is 10.9. The Labute approximate surface area is 170 Å². The third-order valence-electron chi connectivity index (χ3n) is 5.62. The van der Waals surface area contributed by atoms with Crippen LogP contribution in [0.3, 0.4) is 0 Å². The first kappa shape index (κ1) is 19.1. The molecule has 1 amide bonds. The highest BCUT2D eigenvalue weighted by Crippen LogP contribution is 2.34. The Morgan fingerprint density at radius 1 is 1.18 bits per heavy atom. The number of carbonyl (C=O) groups excluding carboxylic acids is 1. The summed E-state index contributed by atoms with van der Waals surface area (Å²) in [6.45, 7) is 0.455. The monoisotopic (exact) mass is 400 g/mol. The molecule has 28 heavy (non-hydrogen) atoms. The summed E-state index contributed by atoms with van der Waals surface area (Å²) in [7, 11) is 1.60. The van der Waals surface area contributed by atoms with Gasteiger partial charge in [0.15, 0.2) is 0 Å². The van der Waals surface area contributed by atoms with Crippen LogP contribution in [0.25, 0.3) is 11.1 Å². The molecule has 2 atom stereocenters. The average Bonchev–Trinajstić information content (AvgIpc) is 3.04. The molecule has 148 valence electrons. The molecule has 0 saturated carbocycles. The number of halogens is 1. The molecule has 2 unspecified atom stereocenters. The highest BCUT2D eigenvalue weighted by atomic mass is 35.5. The second kappa shape index (κ2) is 8.41. The molecule has 4 rings (SSSR count). The third kappa shape index (κ3) is 4.42. The van der Waals surface area contributed by atoms with Gasteiger partial charge in [-0.05, 0) is 61.4 Å². The molecule has 2 heterocycles. The molecule has 5 nitrogen and oxygen atoms in total. The van der Waals surface area contributed by atoms with E-state index in [1.54, 1.807) is 13.2 Å². The Morgan fingerprint density at radius 2 is 1.96 bits per heavy atom. The lowest BCUT2D eigenvalue weighted by atomic mass is 9.93. The van der Waals surface area contributed by atoms with Gasteiger partial charge in [0.05, 0.1) is 19.4 Å². The summed E-state index contributed by atoms with van der Waals surface area (Å²) in [5.74, 6) is 1.10. The molecule has 2 bridgehead atoms. The third-order valence-corrected chi connectivity index (χ3v) is 5.86. The van der Waals surface area contributed by atoms with E-state index in [4.69, 9.17) is 21.1 Å². The van der Waals surface area contributed by atoms with Gasteiger partial charge in [-0.2, -0.15) is 0 Å². The van der Waals surface area contributed by atoms with Crippen molar-refractivity contribution in [3.8, 4) is 16.9 Å². The van der Waals surface area contributed by atoms with Gasteiger partial charge in [0.2, 0.25) is 0 Å². The fraction of sp³-hybridized carbons (Fsp3) is 0.409. The van der Waals surface area contributed by atoms with Crippen LogP contribution >= 0.6 is 11.6 Å². The first-order valence-corrected chi connectivity index (χ1v) is 10.1. The first-order valence-electron chi connectivity index (χ1n) is 9.74. The SMILES string of the molecule is COc1ccc(-c2cccc(Cl)c2)c(NC(=O)OCC2CC3CCC(C2)N3)c1. The van der Waals surface area contributed by atoms with E-state index in [0.29, 0.717) is 41.1 Å². The molecule has 0 radical (unpaired) electrons. The van der Waals surface area contributed by atoms with Crippen LogP contribution in [0.5, 0.6) is 5.75 Å². The number of piperidine rings is 1. The number of nitrogens with one attached hydrogen (secondary N) is 2. The van der Waals surface area contributed by atoms with Crippen molar-refractivity contribution >= 4 is 23.4 Å². The molecule has 0 spiro atoms. The molecule has 0 aromatic heterocycles. The number of anilines is 1. The molecule has 6 heteroatoms. The van der Waals surface area contributed by atoms with E-state index in [2.05, 4.69) is 10.6 Å². The van der Waals surface area contributed by atoms with Crippen molar-refractivity contribution in [1.82, 2.24) is 5.32 Å². The Morgan fingerprint density at radius 3 is 2.68 bits per heavy atom. The zero-order valence-corrected chi connectivity index (χ0v) is 16.7. The Bertz CT molecular complexity index is 845. The molecule has 2 aliphatic rings. The van der Waals surface area contributed by atoms with Gasteiger partial charge in [-0.15, -0.1) is 0 Å². The second-order valence-corrected chi connectivity index (χ2v) is 8.06. The van der Waals surface area contributed by atoms with E-state index >= 15 is 0 Å². The Hall–Kier alpha value is -2.24. The number of amides is 1. The number of methoxy groups -OCH3 is 1. The Balaban J connectivity index is 1.44. The van der Waals surface area contributed by atoms with E-state index in [1.165, 1.54) is 12.8 Å². The summed E-state index contributed by atoms with van der Waals surface area (Å²) in [6, 6.07) is 14.3.